The molecule has 3 fully saturated rings. The van der Waals surface area contributed by atoms with Gasteiger partial charge >= 0.3 is 0 Å². The number of piperidine rings is 2. The summed E-state index contributed by atoms with van der Waals surface area (Å²) >= 11 is 0. The second-order valence-corrected chi connectivity index (χ2v) is 19.0. The van der Waals surface area contributed by atoms with Crippen LogP contribution in [0.4, 0.5) is 23.1 Å². The van der Waals surface area contributed by atoms with Crippen LogP contribution in [0.5, 0.6) is 5.75 Å². The maximum absolute atomic E-state index is 13.4. The summed E-state index contributed by atoms with van der Waals surface area (Å²) in [5.41, 5.74) is 4.09. The smallest absolute Gasteiger partial charge is 0.255 e. The first-order chi connectivity index (χ1) is 33.5. The van der Waals surface area contributed by atoms with Crippen LogP contribution in [0.1, 0.15) is 122 Å². The summed E-state index contributed by atoms with van der Waals surface area (Å²) in [6.07, 6.45) is 12.7. The molecule has 1 aromatic heterocycles. The molecule has 5 aliphatic rings. The molecule has 3 aromatic rings. The number of rotatable bonds is 19. The van der Waals surface area contributed by atoms with Crippen molar-refractivity contribution in [2.45, 2.75) is 121 Å². The summed E-state index contributed by atoms with van der Waals surface area (Å²) in [6, 6.07) is 10.4. The van der Waals surface area contributed by atoms with E-state index >= 15 is 0 Å². The zero-order valence-corrected chi connectivity index (χ0v) is 40.7. The minimum absolute atomic E-state index is 0.0747. The van der Waals surface area contributed by atoms with Crippen molar-refractivity contribution in [3.63, 3.8) is 0 Å². The molecule has 1 saturated carbocycles. The Labute approximate surface area is 406 Å². The average molecular weight is 945 g/mol. The summed E-state index contributed by atoms with van der Waals surface area (Å²) < 4.78 is 11.6. The van der Waals surface area contributed by atoms with Crippen LogP contribution in [-0.2, 0) is 25.7 Å². The fourth-order valence-corrected chi connectivity index (χ4v) is 10.4. The molecule has 17 heteroatoms. The second-order valence-electron chi connectivity index (χ2n) is 19.0. The van der Waals surface area contributed by atoms with Crippen molar-refractivity contribution in [2.24, 2.45) is 0 Å². The number of amides is 5. The highest BCUT2D eigenvalue weighted by atomic mass is 16.5. The lowest BCUT2D eigenvalue weighted by Gasteiger charge is -2.43. The predicted molar refractivity (Wildman–Crippen MR) is 264 cm³/mol. The molecule has 0 bridgehead atoms. The molecule has 0 spiro atoms. The minimum Gasteiger partial charge on any atom is -0.495 e. The Hall–Kier alpha value is -6.09. The van der Waals surface area contributed by atoms with E-state index in [1.54, 1.807) is 48.4 Å². The van der Waals surface area contributed by atoms with Gasteiger partial charge in [0.15, 0.2) is 5.82 Å². The SMILES string of the molecule is CC[C@@H]1C(=O)N(C)c2cnc(Nc3ccc(C(=O)NC4CCN(CCCN(C)CCCOCCCC#Cc5cccc6c5CN(C5CCC(=O)NC5=O)C6=O)CC4)cc3OC)nc2N1C1CCCC1. The lowest BCUT2D eigenvalue weighted by molar-refractivity contribution is -0.137. The Balaban J connectivity index is 0.697. The van der Waals surface area contributed by atoms with Gasteiger partial charge in [0.25, 0.3) is 11.8 Å². The molecule has 2 atom stereocenters. The molecule has 8 rings (SSSR count). The van der Waals surface area contributed by atoms with Crippen molar-refractivity contribution in [2.75, 3.05) is 82.3 Å². The zero-order valence-electron chi connectivity index (χ0n) is 40.7. The summed E-state index contributed by atoms with van der Waals surface area (Å²) in [5, 5.41) is 8.91. The number of fused-ring (bicyclic) bond motifs is 2. The Morgan fingerprint density at radius 2 is 1.77 bits per heavy atom. The van der Waals surface area contributed by atoms with E-state index in [1.165, 1.54) is 0 Å². The van der Waals surface area contributed by atoms with Gasteiger partial charge in [0.2, 0.25) is 23.7 Å². The number of hydrogen-bond acceptors (Lipinski definition) is 13. The molecular formula is C52H68N10O7. The third-order valence-electron chi connectivity index (χ3n) is 14.3. The van der Waals surface area contributed by atoms with Crippen LogP contribution in [0.15, 0.2) is 42.6 Å². The first-order valence-electron chi connectivity index (χ1n) is 25.0. The number of carbonyl (C=O) groups excluding carboxylic acids is 5. The Morgan fingerprint density at radius 3 is 2.54 bits per heavy atom. The molecule has 368 valence electrons. The normalized spacial score (nSPS) is 19.9. The van der Waals surface area contributed by atoms with Gasteiger partial charge in [-0.2, -0.15) is 4.98 Å². The molecule has 5 heterocycles. The lowest BCUT2D eigenvalue weighted by Crippen LogP contribution is -2.55. The second kappa shape index (κ2) is 23.0. The fraction of sp³-hybridized carbons (Fsp3) is 0.558. The van der Waals surface area contributed by atoms with Crippen molar-refractivity contribution in [1.82, 2.24) is 35.3 Å². The van der Waals surface area contributed by atoms with Crippen molar-refractivity contribution in [3.05, 3.63) is 64.8 Å². The van der Waals surface area contributed by atoms with E-state index < -0.39 is 11.9 Å². The number of hydrogen-bond donors (Lipinski definition) is 3. The molecule has 1 aliphatic carbocycles. The third kappa shape index (κ3) is 11.7. The molecule has 69 heavy (non-hydrogen) atoms. The first-order valence-corrected chi connectivity index (χ1v) is 25.0. The van der Waals surface area contributed by atoms with Crippen LogP contribution >= 0.6 is 0 Å². The highest BCUT2D eigenvalue weighted by molar-refractivity contribution is 6.06. The number of unbranched alkanes of at least 4 members (excludes halogenated alkanes) is 1. The van der Waals surface area contributed by atoms with Crippen LogP contribution < -0.4 is 30.5 Å². The van der Waals surface area contributed by atoms with Crippen LogP contribution in [0, 0.1) is 11.8 Å². The van der Waals surface area contributed by atoms with E-state index in [0.29, 0.717) is 73.2 Å². The van der Waals surface area contributed by atoms with Gasteiger partial charge < -0.3 is 44.6 Å². The van der Waals surface area contributed by atoms with Crippen molar-refractivity contribution in [3.8, 4) is 17.6 Å². The number of methoxy groups -OCH3 is 1. The summed E-state index contributed by atoms with van der Waals surface area (Å²) in [7, 11) is 5.54. The van der Waals surface area contributed by atoms with E-state index in [4.69, 9.17) is 14.5 Å². The largest absolute Gasteiger partial charge is 0.495 e. The lowest BCUT2D eigenvalue weighted by atomic mass is 10.0. The Bertz CT molecular complexity index is 2420. The number of ether oxygens (including phenoxy) is 2. The number of benzene rings is 2. The number of nitrogens with one attached hydrogen (secondary N) is 3. The molecular weight excluding hydrogens is 877 g/mol. The Morgan fingerprint density at radius 1 is 0.986 bits per heavy atom. The number of anilines is 4. The highest BCUT2D eigenvalue weighted by Crippen LogP contribution is 2.40. The van der Waals surface area contributed by atoms with Gasteiger partial charge in [0, 0.05) is 88.1 Å². The average Bonchev–Trinajstić information content (AvgIpc) is 4.01. The molecule has 4 aliphatic heterocycles. The van der Waals surface area contributed by atoms with Gasteiger partial charge in [0.1, 0.15) is 23.5 Å². The van der Waals surface area contributed by atoms with Crippen LogP contribution in [0.3, 0.4) is 0 Å². The van der Waals surface area contributed by atoms with Crippen molar-refractivity contribution < 1.29 is 33.4 Å². The number of likely N-dealkylation sites (tertiary alicyclic amines) is 1. The number of likely N-dealkylation sites (N-methyl/N-ethyl adjacent to an activating group) is 1. The van der Waals surface area contributed by atoms with Crippen LogP contribution in [0.2, 0.25) is 0 Å². The van der Waals surface area contributed by atoms with Gasteiger partial charge in [-0.15, -0.1) is 0 Å². The fourth-order valence-electron chi connectivity index (χ4n) is 10.4. The number of aromatic nitrogens is 2. The van der Waals surface area contributed by atoms with Crippen LogP contribution in [-0.4, -0.2) is 146 Å². The monoisotopic (exact) mass is 945 g/mol. The van der Waals surface area contributed by atoms with E-state index in [0.717, 1.165) is 107 Å². The molecule has 2 aromatic carbocycles. The molecule has 2 saturated heterocycles. The zero-order chi connectivity index (χ0) is 48.4. The minimum atomic E-state index is -0.640. The molecule has 5 amide bonds. The molecule has 3 N–H and O–H groups in total. The number of imide groups is 1. The number of nitrogens with zero attached hydrogens (tertiary/aromatic N) is 7. The van der Waals surface area contributed by atoms with Gasteiger partial charge in [-0.3, -0.25) is 29.3 Å². The van der Waals surface area contributed by atoms with E-state index in [2.05, 4.69) is 61.4 Å². The van der Waals surface area contributed by atoms with Gasteiger partial charge in [-0.25, -0.2) is 4.98 Å². The predicted octanol–water partition coefficient (Wildman–Crippen LogP) is 5.25. The van der Waals surface area contributed by atoms with E-state index in [9.17, 15) is 24.0 Å². The summed E-state index contributed by atoms with van der Waals surface area (Å²) in [4.78, 5) is 83.7. The van der Waals surface area contributed by atoms with Crippen molar-refractivity contribution >= 4 is 52.7 Å². The standard InChI is InChI=1S/C52H68N10O7/c1-5-42-51(67)59(3)44-33-53-52(57-47(44)62(42)38-16-8-9-17-38)55-41-20-19-36(32-45(41)68-4)48(64)54-37-23-28-60(29-24-37)27-12-25-58(2)26-13-31-69-30-10-6-7-14-35-15-11-18-39-40(35)34-61(50(39)66)43-21-22-46(63)56-49(43)65/h11,15,18-20,32-33,37-38,42-43H,5-6,8-10,12-13,16-17,21-31,34H2,1-4H3,(H,54,64)(H,53,55,57)(H,56,63,65)/t42-,43?/m1/s1. The van der Waals surface area contributed by atoms with Crippen LogP contribution in [0.25, 0.3) is 0 Å². The number of carbonyl (C=O) groups is 5. The van der Waals surface area contributed by atoms with Gasteiger partial charge in [0.05, 0.1) is 19.0 Å². The highest BCUT2D eigenvalue weighted by Gasteiger charge is 2.42. The van der Waals surface area contributed by atoms with Crippen molar-refractivity contribution in [1.29, 1.82) is 0 Å². The quantitative estimate of drug-likeness (QED) is 0.0807. The maximum atomic E-state index is 13.4. The first kappa shape index (κ1) is 49.3. The third-order valence-corrected chi connectivity index (χ3v) is 14.3. The molecule has 1 unspecified atom stereocenters. The molecule has 0 radical (unpaired) electrons. The van der Waals surface area contributed by atoms with Gasteiger partial charge in [-0.1, -0.05) is 37.7 Å². The Kier molecular flexibility index (Phi) is 16.5. The maximum Gasteiger partial charge on any atom is 0.255 e. The summed E-state index contributed by atoms with van der Waals surface area (Å²) in [5.74, 6) is 7.19. The summed E-state index contributed by atoms with van der Waals surface area (Å²) in [6.45, 7) is 8.58. The topological polar surface area (TPSA) is 182 Å². The van der Waals surface area contributed by atoms with E-state index in [1.807, 2.05) is 18.2 Å². The van der Waals surface area contributed by atoms with Gasteiger partial charge in [-0.05, 0) is 114 Å². The van der Waals surface area contributed by atoms with E-state index in [-0.39, 0.29) is 48.2 Å². The molecule has 17 nitrogen and oxygen atoms in total.